The molecule has 1 atom stereocenters. The van der Waals surface area contributed by atoms with Crippen LogP contribution in [0.1, 0.15) is 32.6 Å². The molecular formula is C11H23N3O. The Morgan fingerprint density at radius 3 is 3.00 bits per heavy atom. The lowest BCUT2D eigenvalue weighted by Gasteiger charge is -2.23. The minimum atomic E-state index is 0.140. The molecule has 4 heteroatoms. The van der Waals surface area contributed by atoms with Crippen LogP contribution in [0.25, 0.3) is 0 Å². The molecule has 1 saturated heterocycles. The first-order valence-corrected chi connectivity index (χ1v) is 6.03. The maximum atomic E-state index is 11.1. The molecule has 1 unspecified atom stereocenters. The zero-order valence-corrected chi connectivity index (χ0v) is 9.64. The Morgan fingerprint density at radius 2 is 2.33 bits per heavy atom. The fraction of sp³-hybridized carbons (Fsp3) is 0.909. The van der Waals surface area contributed by atoms with Crippen LogP contribution in [0.2, 0.25) is 0 Å². The van der Waals surface area contributed by atoms with Crippen molar-refractivity contribution < 1.29 is 4.79 Å². The summed E-state index contributed by atoms with van der Waals surface area (Å²) in [4.78, 5) is 11.1. The predicted octanol–water partition coefficient (Wildman–Crippen LogP) is 0.244. The SMILES string of the molecule is CCNC(=O)CCNCC1CCCCN1. The van der Waals surface area contributed by atoms with E-state index in [0.717, 1.165) is 26.2 Å². The summed E-state index contributed by atoms with van der Waals surface area (Å²) in [7, 11) is 0. The number of piperidine rings is 1. The van der Waals surface area contributed by atoms with Crippen molar-refractivity contribution >= 4 is 5.91 Å². The number of hydrogen-bond acceptors (Lipinski definition) is 3. The van der Waals surface area contributed by atoms with Gasteiger partial charge in [0.05, 0.1) is 0 Å². The maximum absolute atomic E-state index is 11.1. The Balaban J connectivity index is 1.93. The molecule has 0 saturated carbocycles. The molecule has 1 fully saturated rings. The van der Waals surface area contributed by atoms with Crippen LogP contribution in [-0.4, -0.2) is 38.1 Å². The molecule has 0 aromatic carbocycles. The highest BCUT2D eigenvalue weighted by Gasteiger charge is 2.11. The van der Waals surface area contributed by atoms with E-state index in [9.17, 15) is 4.79 Å². The van der Waals surface area contributed by atoms with Gasteiger partial charge in [0.1, 0.15) is 0 Å². The Bertz CT molecular complexity index is 179. The van der Waals surface area contributed by atoms with E-state index >= 15 is 0 Å². The number of rotatable bonds is 6. The van der Waals surface area contributed by atoms with Crippen molar-refractivity contribution in [3.8, 4) is 0 Å². The first-order valence-electron chi connectivity index (χ1n) is 6.03. The third kappa shape index (κ3) is 5.74. The highest BCUT2D eigenvalue weighted by atomic mass is 16.1. The van der Waals surface area contributed by atoms with Gasteiger partial charge in [-0.1, -0.05) is 6.42 Å². The number of amides is 1. The van der Waals surface area contributed by atoms with Crippen molar-refractivity contribution in [2.45, 2.75) is 38.6 Å². The van der Waals surface area contributed by atoms with Crippen LogP contribution < -0.4 is 16.0 Å². The molecule has 0 spiro atoms. The van der Waals surface area contributed by atoms with Crippen molar-refractivity contribution in [3.05, 3.63) is 0 Å². The van der Waals surface area contributed by atoms with Crippen LogP contribution in [-0.2, 0) is 4.79 Å². The molecule has 0 bridgehead atoms. The first-order chi connectivity index (χ1) is 7.33. The second-order valence-corrected chi connectivity index (χ2v) is 4.05. The smallest absolute Gasteiger partial charge is 0.221 e. The van der Waals surface area contributed by atoms with Gasteiger partial charge < -0.3 is 16.0 Å². The van der Waals surface area contributed by atoms with Gasteiger partial charge in [-0.15, -0.1) is 0 Å². The van der Waals surface area contributed by atoms with E-state index in [-0.39, 0.29) is 5.91 Å². The van der Waals surface area contributed by atoms with Gasteiger partial charge in [0.2, 0.25) is 5.91 Å². The average Bonchev–Trinajstić information content (AvgIpc) is 2.26. The third-order valence-electron chi connectivity index (χ3n) is 2.71. The van der Waals surface area contributed by atoms with E-state index in [4.69, 9.17) is 0 Å². The summed E-state index contributed by atoms with van der Waals surface area (Å²) in [5, 5.41) is 9.58. The molecule has 1 aliphatic rings. The predicted molar refractivity (Wildman–Crippen MR) is 61.8 cm³/mol. The van der Waals surface area contributed by atoms with Crippen molar-refractivity contribution in [2.24, 2.45) is 0 Å². The molecule has 88 valence electrons. The van der Waals surface area contributed by atoms with E-state index in [1.54, 1.807) is 0 Å². The van der Waals surface area contributed by atoms with Crippen molar-refractivity contribution in [3.63, 3.8) is 0 Å². The van der Waals surface area contributed by atoms with Crippen LogP contribution in [0.15, 0.2) is 0 Å². The fourth-order valence-electron chi connectivity index (χ4n) is 1.86. The van der Waals surface area contributed by atoms with Crippen molar-refractivity contribution in [2.75, 3.05) is 26.2 Å². The van der Waals surface area contributed by atoms with Gasteiger partial charge in [0.25, 0.3) is 0 Å². The number of hydrogen-bond donors (Lipinski definition) is 3. The molecule has 1 amide bonds. The van der Waals surface area contributed by atoms with E-state index < -0.39 is 0 Å². The standard InChI is InChI=1S/C11H23N3O/c1-2-13-11(15)6-8-12-9-10-5-3-4-7-14-10/h10,12,14H,2-9H2,1H3,(H,13,15). The second kappa shape index (κ2) is 7.65. The number of carbonyl (C=O) groups excluding carboxylic acids is 1. The molecule has 3 N–H and O–H groups in total. The Hall–Kier alpha value is -0.610. The Labute approximate surface area is 92.2 Å². The van der Waals surface area contributed by atoms with Gasteiger partial charge >= 0.3 is 0 Å². The molecule has 4 nitrogen and oxygen atoms in total. The summed E-state index contributed by atoms with van der Waals surface area (Å²) in [5.41, 5.74) is 0. The summed E-state index contributed by atoms with van der Waals surface area (Å²) >= 11 is 0. The normalized spacial score (nSPS) is 21.3. The largest absolute Gasteiger partial charge is 0.356 e. The third-order valence-corrected chi connectivity index (χ3v) is 2.71. The first kappa shape index (κ1) is 12.5. The molecule has 0 radical (unpaired) electrons. The van der Waals surface area contributed by atoms with Crippen molar-refractivity contribution in [1.29, 1.82) is 0 Å². The van der Waals surface area contributed by atoms with E-state index in [1.807, 2.05) is 6.92 Å². The molecule has 0 aliphatic carbocycles. The van der Waals surface area contributed by atoms with E-state index in [0.29, 0.717) is 12.5 Å². The molecule has 15 heavy (non-hydrogen) atoms. The molecule has 1 heterocycles. The summed E-state index contributed by atoms with van der Waals surface area (Å²) in [6.45, 7) is 5.58. The molecule has 0 aromatic rings. The summed E-state index contributed by atoms with van der Waals surface area (Å²) in [5.74, 6) is 0.140. The van der Waals surface area contributed by atoms with E-state index in [2.05, 4.69) is 16.0 Å². The van der Waals surface area contributed by atoms with Crippen LogP contribution in [0.4, 0.5) is 0 Å². The second-order valence-electron chi connectivity index (χ2n) is 4.05. The van der Waals surface area contributed by atoms with Crippen LogP contribution >= 0.6 is 0 Å². The molecule has 0 aromatic heterocycles. The van der Waals surface area contributed by atoms with Gasteiger partial charge in [-0.2, -0.15) is 0 Å². The van der Waals surface area contributed by atoms with Gasteiger partial charge in [-0.3, -0.25) is 4.79 Å². The lowest BCUT2D eigenvalue weighted by molar-refractivity contribution is -0.120. The van der Waals surface area contributed by atoms with E-state index in [1.165, 1.54) is 19.3 Å². The number of carbonyl (C=O) groups is 1. The average molecular weight is 213 g/mol. The minimum absolute atomic E-state index is 0.140. The quantitative estimate of drug-likeness (QED) is 0.554. The lowest BCUT2D eigenvalue weighted by Crippen LogP contribution is -2.42. The minimum Gasteiger partial charge on any atom is -0.356 e. The fourth-order valence-corrected chi connectivity index (χ4v) is 1.86. The zero-order valence-electron chi connectivity index (χ0n) is 9.64. The van der Waals surface area contributed by atoms with Crippen molar-refractivity contribution in [1.82, 2.24) is 16.0 Å². The molecular weight excluding hydrogens is 190 g/mol. The lowest BCUT2D eigenvalue weighted by atomic mass is 10.1. The summed E-state index contributed by atoms with van der Waals surface area (Å²) in [6, 6.07) is 0.605. The van der Waals surface area contributed by atoms with Gasteiger partial charge in [0.15, 0.2) is 0 Å². The molecule has 1 rings (SSSR count). The zero-order chi connectivity index (χ0) is 10.9. The summed E-state index contributed by atoms with van der Waals surface area (Å²) < 4.78 is 0. The van der Waals surface area contributed by atoms with Crippen LogP contribution in [0, 0.1) is 0 Å². The Kier molecular flexibility index (Phi) is 6.36. The monoisotopic (exact) mass is 213 g/mol. The van der Waals surface area contributed by atoms with Gasteiger partial charge in [0, 0.05) is 32.1 Å². The van der Waals surface area contributed by atoms with Crippen LogP contribution in [0.3, 0.4) is 0 Å². The van der Waals surface area contributed by atoms with Gasteiger partial charge in [-0.05, 0) is 26.3 Å². The van der Waals surface area contributed by atoms with Crippen LogP contribution in [0.5, 0.6) is 0 Å². The highest BCUT2D eigenvalue weighted by molar-refractivity contribution is 5.75. The number of nitrogens with one attached hydrogen (secondary N) is 3. The maximum Gasteiger partial charge on any atom is 0.221 e. The summed E-state index contributed by atoms with van der Waals surface area (Å²) in [6.07, 6.45) is 4.47. The topological polar surface area (TPSA) is 53.2 Å². The van der Waals surface area contributed by atoms with Gasteiger partial charge in [-0.25, -0.2) is 0 Å². The molecule has 1 aliphatic heterocycles. The highest BCUT2D eigenvalue weighted by Crippen LogP contribution is 2.05. The Morgan fingerprint density at radius 1 is 1.47 bits per heavy atom.